The largest absolute Gasteiger partial charge is 0.440 e. The smallest absolute Gasteiger partial charge is 0.257 e. The van der Waals surface area contributed by atoms with Gasteiger partial charge in [-0.2, -0.15) is 5.10 Å². The molecule has 7 nitrogen and oxygen atoms in total. The van der Waals surface area contributed by atoms with Gasteiger partial charge in [-0.1, -0.05) is 13.8 Å². The van der Waals surface area contributed by atoms with Crippen molar-refractivity contribution in [2.24, 2.45) is 7.05 Å². The first-order valence-electron chi connectivity index (χ1n) is 8.86. The van der Waals surface area contributed by atoms with Crippen molar-refractivity contribution in [3.63, 3.8) is 0 Å². The minimum absolute atomic E-state index is 0.207. The zero-order valence-corrected chi connectivity index (χ0v) is 16.0. The molecule has 0 radical (unpaired) electrons. The molecule has 1 amide bonds. The number of carbonyl (C=O) groups excluding carboxylic acids is 1. The van der Waals surface area contributed by atoms with Crippen LogP contribution in [0.5, 0.6) is 0 Å². The zero-order chi connectivity index (χ0) is 19.3. The number of amides is 1. The van der Waals surface area contributed by atoms with Gasteiger partial charge in [-0.05, 0) is 38.1 Å². The van der Waals surface area contributed by atoms with Gasteiger partial charge < -0.3 is 9.73 Å². The van der Waals surface area contributed by atoms with Gasteiger partial charge in [-0.15, -0.1) is 0 Å². The molecular weight excluding hydrogens is 342 g/mol. The summed E-state index contributed by atoms with van der Waals surface area (Å²) < 4.78 is 7.44. The first kappa shape index (κ1) is 17.2. The van der Waals surface area contributed by atoms with Crippen LogP contribution in [0.25, 0.3) is 22.1 Å². The second kappa shape index (κ2) is 6.19. The van der Waals surface area contributed by atoms with Crippen molar-refractivity contribution in [2.75, 3.05) is 5.32 Å². The van der Waals surface area contributed by atoms with Gasteiger partial charge >= 0.3 is 0 Å². The molecule has 0 bridgehead atoms. The lowest BCUT2D eigenvalue weighted by Gasteiger charge is -2.08. The van der Waals surface area contributed by atoms with E-state index in [1.807, 2.05) is 59.0 Å². The zero-order valence-electron chi connectivity index (χ0n) is 16.0. The minimum Gasteiger partial charge on any atom is -0.440 e. The molecule has 0 saturated carbocycles. The lowest BCUT2D eigenvalue weighted by atomic mass is 10.1. The number of nitrogens with zero attached hydrogens (tertiary/aromatic N) is 4. The van der Waals surface area contributed by atoms with E-state index in [1.54, 1.807) is 4.68 Å². The van der Waals surface area contributed by atoms with Crippen LogP contribution in [0.15, 0.2) is 28.7 Å². The Hall–Kier alpha value is -3.22. The number of carbonyl (C=O) groups is 1. The normalized spacial score (nSPS) is 11.6. The van der Waals surface area contributed by atoms with E-state index in [4.69, 9.17) is 4.42 Å². The molecule has 27 heavy (non-hydrogen) atoms. The summed E-state index contributed by atoms with van der Waals surface area (Å²) in [7, 11) is 1.85. The minimum atomic E-state index is -0.211. The second-order valence-electron chi connectivity index (χ2n) is 7.04. The van der Waals surface area contributed by atoms with Crippen LogP contribution in [-0.2, 0) is 7.05 Å². The lowest BCUT2D eigenvalue weighted by Crippen LogP contribution is -2.14. The number of nitrogens with one attached hydrogen (secondary N) is 1. The van der Waals surface area contributed by atoms with Crippen LogP contribution in [0.4, 0.5) is 5.69 Å². The average molecular weight is 363 g/mol. The van der Waals surface area contributed by atoms with E-state index in [-0.39, 0.29) is 11.8 Å². The summed E-state index contributed by atoms with van der Waals surface area (Å²) in [4.78, 5) is 21.9. The number of anilines is 1. The van der Waals surface area contributed by atoms with Crippen molar-refractivity contribution in [2.45, 2.75) is 33.6 Å². The van der Waals surface area contributed by atoms with Crippen molar-refractivity contribution in [1.82, 2.24) is 19.7 Å². The van der Waals surface area contributed by atoms with Gasteiger partial charge in [0.15, 0.2) is 17.1 Å². The quantitative estimate of drug-likeness (QED) is 0.592. The Labute approximate surface area is 156 Å². The summed E-state index contributed by atoms with van der Waals surface area (Å²) in [6.07, 6.45) is 0. The molecule has 138 valence electrons. The van der Waals surface area contributed by atoms with E-state index in [1.165, 1.54) is 0 Å². The molecule has 0 unspecified atom stereocenters. The monoisotopic (exact) mass is 363 g/mol. The maximum atomic E-state index is 12.8. The van der Waals surface area contributed by atoms with E-state index in [0.717, 1.165) is 22.2 Å². The highest BCUT2D eigenvalue weighted by molar-refractivity contribution is 6.07. The topological polar surface area (TPSA) is 85.8 Å². The summed E-state index contributed by atoms with van der Waals surface area (Å²) >= 11 is 0. The second-order valence-corrected chi connectivity index (χ2v) is 7.04. The van der Waals surface area contributed by atoms with Gasteiger partial charge in [0.25, 0.3) is 5.91 Å². The Kier molecular flexibility index (Phi) is 3.95. The third-order valence-electron chi connectivity index (χ3n) is 4.59. The van der Waals surface area contributed by atoms with Crippen LogP contribution in [0.3, 0.4) is 0 Å². The molecule has 4 rings (SSSR count). The number of pyridine rings is 1. The van der Waals surface area contributed by atoms with Gasteiger partial charge in [-0.25, -0.2) is 9.97 Å². The van der Waals surface area contributed by atoms with Crippen molar-refractivity contribution in [3.05, 3.63) is 47.1 Å². The molecule has 1 N–H and O–H groups in total. The van der Waals surface area contributed by atoms with Gasteiger partial charge in [0.05, 0.1) is 17.0 Å². The summed E-state index contributed by atoms with van der Waals surface area (Å²) in [6, 6.07) is 7.30. The Morgan fingerprint density at radius 3 is 2.67 bits per heavy atom. The number of aryl methyl sites for hydroxylation is 3. The predicted octanol–water partition coefficient (Wildman–Crippen LogP) is 4.10. The van der Waals surface area contributed by atoms with Crippen LogP contribution < -0.4 is 5.32 Å². The predicted molar refractivity (Wildman–Crippen MR) is 104 cm³/mol. The number of fused-ring (bicyclic) bond motifs is 2. The van der Waals surface area contributed by atoms with Gasteiger partial charge in [0, 0.05) is 24.0 Å². The first-order chi connectivity index (χ1) is 12.8. The van der Waals surface area contributed by atoms with Crippen LogP contribution in [-0.4, -0.2) is 25.7 Å². The molecule has 0 aliphatic rings. The standard InChI is InChI=1S/C20H21N5O2/c1-10(2)20-23-16-8-13(6-7-17(16)27-20)22-19(26)15-9-14-12(4)24-25(5)18(14)21-11(15)3/h6-10H,1-5H3,(H,22,26). The summed E-state index contributed by atoms with van der Waals surface area (Å²) in [5, 5.41) is 8.18. The van der Waals surface area contributed by atoms with E-state index in [0.29, 0.717) is 28.4 Å². The van der Waals surface area contributed by atoms with E-state index >= 15 is 0 Å². The Morgan fingerprint density at radius 1 is 1.15 bits per heavy atom. The highest BCUT2D eigenvalue weighted by Crippen LogP contribution is 2.25. The molecule has 4 aromatic rings. The summed E-state index contributed by atoms with van der Waals surface area (Å²) in [6.45, 7) is 7.79. The first-order valence-corrected chi connectivity index (χ1v) is 8.86. The van der Waals surface area contributed by atoms with Crippen molar-refractivity contribution < 1.29 is 9.21 Å². The maximum absolute atomic E-state index is 12.8. The molecule has 0 aliphatic heterocycles. The molecule has 7 heteroatoms. The van der Waals surface area contributed by atoms with E-state index in [9.17, 15) is 4.79 Å². The van der Waals surface area contributed by atoms with E-state index in [2.05, 4.69) is 20.4 Å². The van der Waals surface area contributed by atoms with Crippen molar-refractivity contribution >= 4 is 33.7 Å². The number of hydrogen-bond donors (Lipinski definition) is 1. The van der Waals surface area contributed by atoms with Gasteiger partial charge in [0.2, 0.25) is 0 Å². The maximum Gasteiger partial charge on any atom is 0.257 e. The number of hydrogen-bond acceptors (Lipinski definition) is 5. The fourth-order valence-corrected chi connectivity index (χ4v) is 3.13. The molecule has 0 fully saturated rings. The van der Waals surface area contributed by atoms with Crippen LogP contribution >= 0.6 is 0 Å². The molecular formula is C20H21N5O2. The van der Waals surface area contributed by atoms with Crippen molar-refractivity contribution in [3.8, 4) is 0 Å². The summed E-state index contributed by atoms with van der Waals surface area (Å²) in [5.41, 5.74) is 4.91. The third kappa shape index (κ3) is 2.95. The van der Waals surface area contributed by atoms with Crippen LogP contribution in [0.2, 0.25) is 0 Å². The molecule has 0 aliphatic carbocycles. The Balaban J connectivity index is 1.67. The average Bonchev–Trinajstić information content (AvgIpc) is 3.15. The number of oxazole rings is 1. The number of rotatable bonds is 3. The molecule has 3 heterocycles. The molecule has 3 aromatic heterocycles. The highest BCUT2D eigenvalue weighted by Gasteiger charge is 2.16. The Bertz CT molecular complexity index is 1190. The fraction of sp³-hybridized carbons (Fsp3) is 0.300. The Morgan fingerprint density at radius 2 is 1.93 bits per heavy atom. The lowest BCUT2D eigenvalue weighted by molar-refractivity contribution is 0.102. The van der Waals surface area contributed by atoms with Gasteiger partial charge in [-0.3, -0.25) is 9.48 Å². The highest BCUT2D eigenvalue weighted by atomic mass is 16.3. The number of aromatic nitrogens is 4. The fourth-order valence-electron chi connectivity index (χ4n) is 3.13. The summed E-state index contributed by atoms with van der Waals surface area (Å²) in [5.74, 6) is 0.682. The molecule has 0 saturated heterocycles. The van der Waals surface area contributed by atoms with Crippen molar-refractivity contribution in [1.29, 1.82) is 0 Å². The van der Waals surface area contributed by atoms with Crippen LogP contribution in [0.1, 0.15) is 47.4 Å². The third-order valence-corrected chi connectivity index (χ3v) is 4.59. The number of benzene rings is 1. The SMILES string of the molecule is Cc1nc2c(cc1C(=O)Nc1ccc3oc(C(C)C)nc3c1)c(C)nn2C. The molecule has 0 spiro atoms. The van der Waals surface area contributed by atoms with E-state index < -0.39 is 0 Å². The molecule has 0 atom stereocenters. The van der Waals surface area contributed by atoms with Crippen LogP contribution in [0, 0.1) is 13.8 Å². The molecule has 1 aromatic carbocycles. The van der Waals surface area contributed by atoms with Gasteiger partial charge in [0.1, 0.15) is 5.52 Å².